The Morgan fingerprint density at radius 1 is 1.19 bits per heavy atom. The lowest BCUT2D eigenvalue weighted by atomic mass is 10.1. The van der Waals surface area contributed by atoms with Crippen LogP contribution in [0.4, 0.5) is 5.95 Å². The van der Waals surface area contributed by atoms with Crippen LogP contribution in [-0.4, -0.2) is 75.7 Å². The Bertz CT molecular complexity index is 1100. The minimum absolute atomic E-state index is 0.159. The highest BCUT2D eigenvalue weighted by Crippen LogP contribution is 2.25. The summed E-state index contributed by atoms with van der Waals surface area (Å²) in [6.07, 6.45) is 1.83. The standard InChI is InChI=1S/C22H28ClN7O/c1-5-30-15(2)16(13-24-30)14-28(4)21(31)20-18-12-17(23)6-7-19(18)25-22(26-20)29-10-8-27(3)9-11-29/h6-7,12-13H,5,8-11,14H2,1-4H3. The average Bonchev–Trinajstić information content (AvgIpc) is 3.12. The lowest BCUT2D eigenvalue weighted by molar-refractivity contribution is 0.0781. The summed E-state index contributed by atoms with van der Waals surface area (Å²) in [7, 11) is 3.90. The van der Waals surface area contributed by atoms with Crippen LogP contribution in [0.25, 0.3) is 10.9 Å². The van der Waals surface area contributed by atoms with Crippen LogP contribution < -0.4 is 4.90 Å². The van der Waals surface area contributed by atoms with E-state index < -0.39 is 0 Å². The Kier molecular flexibility index (Phi) is 6.11. The van der Waals surface area contributed by atoms with Gasteiger partial charge in [-0.05, 0) is 39.1 Å². The lowest BCUT2D eigenvalue weighted by Crippen LogP contribution is -2.45. The lowest BCUT2D eigenvalue weighted by Gasteiger charge is -2.32. The highest BCUT2D eigenvalue weighted by atomic mass is 35.5. The number of rotatable bonds is 5. The van der Waals surface area contributed by atoms with Crippen LogP contribution >= 0.6 is 11.6 Å². The first kappa shape index (κ1) is 21.5. The molecule has 1 amide bonds. The van der Waals surface area contributed by atoms with Gasteiger partial charge in [0.05, 0.1) is 11.7 Å². The fraction of sp³-hybridized carbons (Fsp3) is 0.455. The minimum atomic E-state index is -0.159. The van der Waals surface area contributed by atoms with E-state index in [4.69, 9.17) is 21.6 Å². The predicted octanol–water partition coefficient (Wildman–Crippen LogP) is 2.83. The zero-order chi connectivity index (χ0) is 22.1. The zero-order valence-electron chi connectivity index (χ0n) is 18.5. The van der Waals surface area contributed by atoms with Gasteiger partial charge in [0, 0.05) is 68.0 Å². The number of anilines is 1. The highest BCUT2D eigenvalue weighted by molar-refractivity contribution is 6.31. The van der Waals surface area contributed by atoms with Crippen LogP contribution in [0.5, 0.6) is 0 Å². The van der Waals surface area contributed by atoms with Gasteiger partial charge in [0.1, 0.15) is 5.69 Å². The number of halogens is 1. The molecule has 0 spiro atoms. The van der Waals surface area contributed by atoms with Gasteiger partial charge in [-0.25, -0.2) is 9.97 Å². The molecule has 1 aromatic carbocycles. The third-order valence-corrected chi connectivity index (χ3v) is 6.13. The molecule has 31 heavy (non-hydrogen) atoms. The van der Waals surface area contributed by atoms with Crippen LogP contribution in [-0.2, 0) is 13.1 Å². The van der Waals surface area contributed by atoms with Crippen molar-refractivity contribution in [3.63, 3.8) is 0 Å². The summed E-state index contributed by atoms with van der Waals surface area (Å²) >= 11 is 6.24. The molecule has 0 N–H and O–H groups in total. The molecular formula is C22H28ClN7O. The monoisotopic (exact) mass is 441 g/mol. The molecule has 0 radical (unpaired) electrons. The normalized spacial score (nSPS) is 14.9. The number of nitrogens with zero attached hydrogens (tertiary/aromatic N) is 7. The molecule has 1 aliphatic heterocycles. The van der Waals surface area contributed by atoms with Gasteiger partial charge in [0.15, 0.2) is 0 Å². The molecular weight excluding hydrogens is 414 g/mol. The maximum atomic E-state index is 13.5. The van der Waals surface area contributed by atoms with E-state index >= 15 is 0 Å². The quantitative estimate of drug-likeness (QED) is 0.606. The third-order valence-electron chi connectivity index (χ3n) is 5.89. The topological polar surface area (TPSA) is 70.4 Å². The summed E-state index contributed by atoms with van der Waals surface area (Å²) in [5, 5.41) is 5.61. The molecule has 3 aromatic rings. The first-order valence-electron chi connectivity index (χ1n) is 10.5. The third kappa shape index (κ3) is 4.36. The van der Waals surface area contributed by atoms with Crippen molar-refractivity contribution in [3.05, 3.63) is 46.4 Å². The Labute approximate surface area is 187 Å². The molecule has 1 fully saturated rings. The number of hydrogen-bond acceptors (Lipinski definition) is 6. The van der Waals surface area contributed by atoms with Crippen molar-refractivity contribution < 1.29 is 4.79 Å². The molecule has 0 aliphatic carbocycles. The van der Waals surface area contributed by atoms with Gasteiger partial charge in [-0.2, -0.15) is 5.10 Å². The number of fused-ring (bicyclic) bond motifs is 1. The first-order valence-corrected chi connectivity index (χ1v) is 10.9. The van der Waals surface area contributed by atoms with Gasteiger partial charge in [0.25, 0.3) is 5.91 Å². The van der Waals surface area contributed by atoms with Crippen molar-refractivity contribution in [2.45, 2.75) is 26.9 Å². The molecule has 0 atom stereocenters. The van der Waals surface area contributed by atoms with E-state index in [1.54, 1.807) is 24.1 Å². The average molecular weight is 442 g/mol. The van der Waals surface area contributed by atoms with E-state index in [1.165, 1.54) is 0 Å². The molecule has 1 aliphatic rings. The molecule has 0 bridgehead atoms. The number of aromatic nitrogens is 4. The van der Waals surface area contributed by atoms with Crippen molar-refractivity contribution in [1.82, 2.24) is 29.5 Å². The van der Waals surface area contributed by atoms with E-state index in [1.807, 2.05) is 23.9 Å². The van der Waals surface area contributed by atoms with E-state index in [2.05, 4.69) is 28.9 Å². The Morgan fingerprint density at radius 3 is 2.61 bits per heavy atom. The number of benzene rings is 1. The summed E-state index contributed by atoms with van der Waals surface area (Å²) in [6, 6.07) is 5.42. The summed E-state index contributed by atoms with van der Waals surface area (Å²) in [5.41, 5.74) is 3.19. The van der Waals surface area contributed by atoms with E-state index in [0.717, 1.165) is 49.5 Å². The molecule has 1 saturated heterocycles. The fourth-order valence-corrected chi connectivity index (χ4v) is 4.04. The number of amides is 1. The number of aryl methyl sites for hydroxylation is 1. The second-order valence-electron chi connectivity index (χ2n) is 8.06. The highest BCUT2D eigenvalue weighted by Gasteiger charge is 2.23. The van der Waals surface area contributed by atoms with Crippen molar-refractivity contribution in [2.24, 2.45) is 0 Å². The number of hydrogen-bond donors (Lipinski definition) is 0. The van der Waals surface area contributed by atoms with Gasteiger partial charge in [0.2, 0.25) is 5.95 Å². The molecule has 0 saturated carbocycles. The second kappa shape index (κ2) is 8.80. The molecule has 3 heterocycles. The molecule has 0 unspecified atom stereocenters. The maximum absolute atomic E-state index is 13.5. The second-order valence-corrected chi connectivity index (χ2v) is 8.49. The van der Waals surface area contributed by atoms with Gasteiger partial charge >= 0.3 is 0 Å². The van der Waals surface area contributed by atoms with Crippen LogP contribution in [0.2, 0.25) is 5.02 Å². The Balaban J connectivity index is 1.69. The van der Waals surface area contributed by atoms with Crippen molar-refractivity contribution in [3.8, 4) is 0 Å². The van der Waals surface area contributed by atoms with Crippen LogP contribution in [0.3, 0.4) is 0 Å². The van der Waals surface area contributed by atoms with Crippen molar-refractivity contribution in [1.29, 1.82) is 0 Å². The van der Waals surface area contributed by atoms with Gasteiger partial charge in [-0.1, -0.05) is 11.6 Å². The zero-order valence-corrected chi connectivity index (χ0v) is 19.2. The van der Waals surface area contributed by atoms with Crippen molar-refractivity contribution >= 4 is 34.4 Å². The summed E-state index contributed by atoms with van der Waals surface area (Å²) in [4.78, 5) is 29.0. The van der Waals surface area contributed by atoms with E-state index in [9.17, 15) is 4.79 Å². The summed E-state index contributed by atoms with van der Waals surface area (Å²) < 4.78 is 1.93. The van der Waals surface area contributed by atoms with Crippen LogP contribution in [0.1, 0.15) is 28.7 Å². The SMILES string of the molecule is CCn1ncc(CN(C)C(=O)c2nc(N3CCN(C)CC3)nc3ccc(Cl)cc23)c1C. The van der Waals surface area contributed by atoms with Gasteiger partial charge < -0.3 is 14.7 Å². The first-order chi connectivity index (χ1) is 14.9. The van der Waals surface area contributed by atoms with Crippen LogP contribution in [0.15, 0.2) is 24.4 Å². The van der Waals surface area contributed by atoms with Gasteiger partial charge in [-0.15, -0.1) is 0 Å². The predicted molar refractivity (Wildman–Crippen MR) is 123 cm³/mol. The molecule has 4 rings (SSSR count). The Hall–Kier alpha value is -2.71. The number of likely N-dealkylation sites (N-methyl/N-ethyl adjacent to an activating group) is 1. The summed E-state index contributed by atoms with van der Waals surface area (Å²) in [6.45, 7) is 8.86. The van der Waals surface area contributed by atoms with Crippen molar-refractivity contribution in [2.75, 3.05) is 45.2 Å². The smallest absolute Gasteiger partial charge is 0.273 e. The molecule has 8 nitrogen and oxygen atoms in total. The molecule has 164 valence electrons. The van der Waals surface area contributed by atoms with Gasteiger partial charge in [-0.3, -0.25) is 9.48 Å². The van der Waals surface area contributed by atoms with E-state index in [-0.39, 0.29) is 5.91 Å². The number of carbonyl (C=O) groups excluding carboxylic acids is 1. The number of piperazine rings is 1. The fourth-order valence-electron chi connectivity index (χ4n) is 3.87. The summed E-state index contributed by atoms with van der Waals surface area (Å²) in [5.74, 6) is 0.434. The maximum Gasteiger partial charge on any atom is 0.273 e. The minimum Gasteiger partial charge on any atom is -0.338 e. The number of carbonyl (C=O) groups is 1. The van der Waals surface area contributed by atoms with Crippen LogP contribution in [0, 0.1) is 6.92 Å². The molecule has 9 heteroatoms. The van der Waals surface area contributed by atoms with E-state index in [0.29, 0.717) is 28.6 Å². The Morgan fingerprint density at radius 2 is 1.94 bits per heavy atom. The molecule has 2 aromatic heterocycles. The largest absolute Gasteiger partial charge is 0.338 e.